The van der Waals surface area contributed by atoms with Crippen LogP contribution in [0.3, 0.4) is 0 Å². The zero-order valence-corrected chi connectivity index (χ0v) is 20.6. The number of hydrogen-bond acceptors (Lipinski definition) is 7. The highest BCUT2D eigenvalue weighted by Gasteiger charge is 2.30. The number of carbonyl (C=O) groups excluding carboxylic acids is 1. The summed E-state index contributed by atoms with van der Waals surface area (Å²) in [7, 11) is 0. The maximum Gasteiger partial charge on any atom is 0.416 e. The Morgan fingerprint density at radius 3 is 2.64 bits per heavy atom. The van der Waals surface area contributed by atoms with Gasteiger partial charge in [-0.1, -0.05) is 12.1 Å². The number of amides is 1. The standard InChI is InChI=1S/C27H22F3N7O2/c1-16-7-8-17(26(39)33-20-6-2-5-19(13-20)27(28,29)30)12-22(16)34-24-21-15-32-37(10-11-38)25(21)36-23(35-24)18-4-3-9-31-14-18/h2-9,12-15,38H,10-11H2,1H3,(H,33,39)(H,34,35,36). The summed E-state index contributed by atoms with van der Waals surface area (Å²) in [4.78, 5) is 26.3. The van der Waals surface area contributed by atoms with E-state index in [2.05, 4.69) is 30.7 Å². The highest BCUT2D eigenvalue weighted by atomic mass is 19.4. The predicted molar refractivity (Wildman–Crippen MR) is 139 cm³/mol. The zero-order chi connectivity index (χ0) is 27.6. The topological polar surface area (TPSA) is 118 Å². The number of nitrogens with one attached hydrogen (secondary N) is 2. The Balaban J connectivity index is 1.49. The first-order valence-electron chi connectivity index (χ1n) is 11.8. The number of aliphatic hydroxyl groups is 1. The number of halogens is 3. The minimum absolute atomic E-state index is 0.0276. The van der Waals surface area contributed by atoms with Gasteiger partial charge in [0.2, 0.25) is 0 Å². The Morgan fingerprint density at radius 1 is 1.05 bits per heavy atom. The van der Waals surface area contributed by atoms with E-state index in [1.807, 2.05) is 13.0 Å². The van der Waals surface area contributed by atoms with Crippen molar-refractivity contribution < 1.29 is 23.1 Å². The quantitative estimate of drug-likeness (QED) is 0.263. The second-order valence-corrected chi connectivity index (χ2v) is 8.65. The molecule has 2 aromatic carbocycles. The van der Waals surface area contributed by atoms with Crippen LogP contribution in [0.5, 0.6) is 0 Å². The second kappa shape index (κ2) is 10.5. The van der Waals surface area contributed by atoms with Crippen molar-refractivity contribution in [1.82, 2.24) is 24.7 Å². The summed E-state index contributed by atoms with van der Waals surface area (Å²) in [5.41, 5.74) is 1.92. The average Bonchev–Trinajstić information content (AvgIpc) is 3.33. The smallest absolute Gasteiger partial charge is 0.394 e. The molecule has 3 N–H and O–H groups in total. The van der Waals surface area contributed by atoms with Crippen LogP contribution in [0.2, 0.25) is 0 Å². The lowest BCUT2D eigenvalue weighted by Crippen LogP contribution is -2.13. The van der Waals surface area contributed by atoms with Crippen LogP contribution in [0.1, 0.15) is 21.5 Å². The Labute approximate surface area is 220 Å². The Hall–Kier alpha value is -4.84. The number of carbonyl (C=O) groups is 1. The average molecular weight is 534 g/mol. The van der Waals surface area contributed by atoms with Gasteiger partial charge < -0.3 is 15.7 Å². The Morgan fingerprint density at radius 2 is 1.90 bits per heavy atom. The normalized spacial score (nSPS) is 11.5. The molecular weight excluding hydrogens is 511 g/mol. The van der Waals surface area contributed by atoms with Gasteiger partial charge in [0.05, 0.1) is 30.3 Å². The molecule has 0 saturated carbocycles. The largest absolute Gasteiger partial charge is 0.416 e. The maximum atomic E-state index is 13.1. The van der Waals surface area contributed by atoms with E-state index in [0.29, 0.717) is 33.9 Å². The predicted octanol–water partition coefficient (Wildman–Crippen LogP) is 5.20. The fraction of sp³-hybridized carbons (Fsp3) is 0.148. The SMILES string of the molecule is Cc1ccc(C(=O)Nc2cccc(C(F)(F)F)c2)cc1Nc1nc(-c2cccnc2)nc2c1cnn2CCO. The molecule has 3 heterocycles. The first-order valence-corrected chi connectivity index (χ1v) is 11.8. The third-order valence-electron chi connectivity index (χ3n) is 5.93. The summed E-state index contributed by atoms with van der Waals surface area (Å²) >= 11 is 0. The van der Waals surface area contributed by atoms with Crippen LogP contribution in [0.25, 0.3) is 22.4 Å². The van der Waals surface area contributed by atoms with Crippen LogP contribution < -0.4 is 10.6 Å². The van der Waals surface area contributed by atoms with E-state index in [4.69, 9.17) is 0 Å². The summed E-state index contributed by atoms with van der Waals surface area (Å²) in [6.07, 6.45) is 0.322. The summed E-state index contributed by atoms with van der Waals surface area (Å²) in [5, 5.41) is 20.1. The van der Waals surface area contributed by atoms with E-state index in [1.54, 1.807) is 47.5 Å². The molecule has 0 radical (unpaired) electrons. The van der Waals surface area contributed by atoms with Crippen molar-refractivity contribution >= 4 is 34.1 Å². The molecule has 39 heavy (non-hydrogen) atoms. The zero-order valence-electron chi connectivity index (χ0n) is 20.6. The molecule has 3 aromatic heterocycles. The number of rotatable bonds is 7. The van der Waals surface area contributed by atoms with Crippen molar-refractivity contribution in [3.8, 4) is 11.4 Å². The van der Waals surface area contributed by atoms with E-state index >= 15 is 0 Å². The third-order valence-corrected chi connectivity index (χ3v) is 5.93. The molecule has 1 amide bonds. The number of anilines is 3. The van der Waals surface area contributed by atoms with Crippen molar-refractivity contribution in [2.24, 2.45) is 0 Å². The van der Waals surface area contributed by atoms with Gasteiger partial charge >= 0.3 is 6.18 Å². The number of aliphatic hydroxyl groups excluding tert-OH is 1. The van der Waals surface area contributed by atoms with Crippen LogP contribution in [0, 0.1) is 6.92 Å². The van der Waals surface area contributed by atoms with Crippen LogP contribution >= 0.6 is 0 Å². The molecule has 198 valence electrons. The number of benzene rings is 2. The van der Waals surface area contributed by atoms with Gasteiger partial charge in [0.15, 0.2) is 11.5 Å². The number of aromatic nitrogens is 5. The van der Waals surface area contributed by atoms with Crippen molar-refractivity contribution in [2.45, 2.75) is 19.6 Å². The first-order chi connectivity index (χ1) is 18.7. The fourth-order valence-corrected chi connectivity index (χ4v) is 3.94. The van der Waals surface area contributed by atoms with E-state index in [0.717, 1.165) is 17.7 Å². The second-order valence-electron chi connectivity index (χ2n) is 8.65. The first kappa shape index (κ1) is 25.8. The molecule has 0 atom stereocenters. The van der Waals surface area contributed by atoms with Crippen LogP contribution in [0.4, 0.5) is 30.4 Å². The molecule has 12 heteroatoms. The van der Waals surface area contributed by atoms with Gasteiger partial charge in [0, 0.05) is 34.9 Å². The highest BCUT2D eigenvalue weighted by Crippen LogP contribution is 2.32. The number of alkyl halides is 3. The van der Waals surface area contributed by atoms with Crippen LogP contribution in [0.15, 0.2) is 73.2 Å². The van der Waals surface area contributed by atoms with Crippen LogP contribution in [-0.2, 0) is 12.7 Å². The number of hydrogen-bond donors (Lipinski definition) is 3. The van der Waals surface area contributed by atoms with E-state index < -0.39 is 17.6 Å². The summed E-state index contributed by atoms with van der Waals surface area (Å²) in [6.45, 7) is 1.94. The van der Waals surface area contributed by atoms with Crippen LogP contribution in [-0.4, -0.2) is 42.4 Å². The van der Waals surface area contributed by atoms with E-state index in [-0.39, 0.29) is 24.4 Å². The van der Waals surface area contributed by atoms with Crippen molar-refractivity contribution in [1.29, 1.82) is 0 Å². The van der Waals surface area contributed by atoms with Gasteiger partial charge in [0.25, 0.3) is 5.91 Å². The minimum Gasteiger partial charge on any atom is -0.394 e. The van der Waals surface area contributed by atoms with Crippen molar-refractivity contribution in [2.75, 3.05) is 17.2 Å². The maximum absolute atomic E-state index is 13.1. The molecule has 0 unspecified atom stereocenters. The third kappa shape index (κ3) is 5.55. The highest BCUT2D eigenvalue weighted by molar-refractivity contribution is 6.05. The van der Waals surface area contributed by atoms with Gasteiger partial charge in [0.1, 0.15) is 5.82 Å². The monoisotopic (exact) mass is 533 g/mol. The molecule has 9 nitrogen and oxygen atoms in total. The van der Waals surface area contributed by atoms with E-state index in [9.17, 15) is 23.1 Å². The lowest BCUT2D eigenvalue weighted by atomic mass is 10.1. The molecule has 0 spiro atoms. The molecule has 0 aliphatic carbocycles. The number of aryl methyl sites for hydroxylation is 1. The van der Waals surface area contributed by atoms with E-state index in [1.165, 1.54) is 12.1 Å². The van der Waals surface area contributed by atoms with Gasteiger partial charge in [-0.15, -0.1) is 0 Å². The molecule has 0 bridgehead atoms. The van der Waals surface area contributed by atoms with Gasteiger partial charge in [-0.3, -0.25) is 9.78 Å². The Kier molecular flexibility index (Phi) is 6.94. The fourth-order valence-electron chi connectivity index (χ4n) is 3.94. The molecule has 0 saturated heterocycles. The molecule has 0 fully saturated rings. The number of nitrogens with zero attached hydrogens (tertiary/aromatic N) is 5. The number of fused-ring (bicyclic) bond motifs is 1. The molecule has 0 aliphatic rings. The van der Waals surface area contributed by atoms with Gasteiger partial charge in [-0.25, -0.2) is 14.6 Å². The summed E-state index contributed by atoms with van der Waals surface area (Å²) in [6, 6.07) is 12.9. The van der Waals surface area contributed by atoms with Gasteiger partial charge in [-0.05, 0) is 55.0 Å². The molecule has 0 aliphatic heterocycles. The minimum atomic E-state index is -4.52. The number of pyridine rings is 1. The summed E-state index contributed by atoms with van der Waals surface area (Å²) < 4.78 is 40.8. The van der Waals surface area contributed by atoms with Crippen molar-refractivity contribution in [3.63, 3.8) is 0 Å². The molecular formula is C27H22F3N7O2. The van der Waals surface area contributed by atoms with Gasteiger partial charge in [-0.2, -0.15) is 18.3 Å². The summed E-state index contributed by atoms with van der Waals surface area (Å²) in [5.74, 6) is 0.229. The molecule has 5 aromatic rings. The van der Waals surface area contributed by atoms with Crippen molar-refractivity contribution in [3.05, 3.63) is 89.9 Å². The molecule has 5 rings (SSSR count). The Bertz CT molecular complexity index is 1650. The lowest BCUT2D eigenvalue weighted by molar-refractivity contribution is -0.137. The lowest BCUT2D eigenvalue weighted by Gasteiger charge is -2.14.